The number of halogens is 2. The number of piperidine rings is 1. The Morgan fingerprint density at radius 2 is 1.75 bits per heavy atom. The fourth-order valence-electron chi connectivity index (χ4n) is 3.69. The number of carbonyl (C=O) groups is 1. The zero-order chi connectivity index (χ0) is 23.1. The Bertz CT molecular complexity index is 1020. The van der Waals surface area contributed by atoms with Gasteiger partial charge < -0.3 is 5.32 Å². The molecule has 9 heteroatoms. The Labute approximate surface area is 204 Å². The second-order valence-electron chi connectivity index (χ2n) is 7.90. The summed E-state index contributed by atoms with van der Waals surface area (Å²) in [6.45, 7) is 3.23. The second kappa shape index (κ2) is 11.7. The standard InChI is InChI=1S/C23H28Cl2N2O3S2/c1-17-5-2-3-6-19(17)16-32(29,30)27-12-9-18(10-13-27)23(28)26-11-14-31-15-20-21(24)7-4-8-22(20)25/h2-8,18H,9-16H2,1H3,(H,26,28). The molecule has 0 atom stereocenters. The quantitative estimate of drug-likeness (QED) is 0.483. The molecule has 1 aliphatic rings. The number of hydrogen-bond acceptors (Lipinski definition) is 4. The third kappa shape index (κ3) is 6.87. The maximum Gasteiger partial charge on any atom is 0.223 e. The fraction of sp³-hybridized carbons (Fsp3) is 0.435. The molecule has 1 saturated heterocycles. The first-order valence-electron chi connectivity index (χ1n) is 10.6. The molecule has 1 N–H and O–H groups in total. The first-order chi connectivity index (χ1) is 15.3. The molecular weight excluding hydrogens is 487 g/mol. The van der Waals surface area contributed by atoms with Gasteiger partial charge in [-0.05, 0) is 48.6 Å². The first-order valence-corrected chi connectivity index (χ1v) is 14.1. The van der Waals surface area contributed by atoms with Crippen LogP contribution in [-0.2, 0) is 26.3 Å². The van der Waals surface area contributed by atoms with Gasteiger partial charge in [-0.3, -0.25) is 4.79 Å². The molecule has 32 heavy (non-hydrogen) atoms. The van der Waals surface area contributed by atoms with Crippen LogP contribution in [0.4, 0.5) is 0 Å². The van der Waals surface area contributed by atoms with E-state index in [2.05, 4.69) is 5.32 Å². The molecule has 2 aromatic rings. The Morgan fingerprint density at radius 1 is 1.09 bits per heavy atom. The lowest BCUT2D eigenvalue weighted by Gasteiger charge is -2.30. The number of aryl methyl sites for hydroxylation is 1. The van der Waals surface area contributed by atoms with Crippen molar-refractivity contribution >= 4 is 50.9 Å². The molecule has 0 radical (unpaired) electrons. The summed E-state index contributed by atoms with van der Waals surface area (Å²) in [5.41, 5.74) is 2.70. The van der Waals surface area contributed by atoms with Crippen molar-refractivity contribution in [1.29, 1.82) is 0 Å². The Morgan fingerprint density at radius 3 is 2.41 bits per heavy atom. The largest absolute Gasteiger partial charge is 0.355 e. The molecule has 1 aliphatic heterocycles. The molecule has 3 rings (SSSR count). The number of rotatable bonds is 9. The van der Waals surface area contributed by atoms with Crippen LogP contribution in [0.3, 0.4) is 0 Å². The summed E-state index contributed by atoms with van der Waals surface area (Å²) in [6, 6.07) is 13.0. The van der Waals surface area contributed by atoms with Crippen LogP contribution in [0.5, 0.6) is 0 Å². The summed E-state index contributed by atoms with van der Waals surface area (Å²) in [4.78, 5) is 12.5. The van der Waals surface area contributed by atoms with Gasteiger partial charge in [-0.1, -0.05) is 53.5 Å². The van der Waals surface area contributed by atoms with E-state index >= 15 is 0 Å². The van der Waals surface area contributed by atoms with Gasteiger partial charge in [0.2, 0.25) is 15.9 Å². The maximum atomic E-state index is 12.8. The van der Waals surface area contributed by atoms with Crippen molar-refractivity contribution in [2.24, 2.45) is 5.92 Å². The van der Waals surface area contributed by atoms with E-state index < -0.39 is 10.0 Å². The zero-order valence-electron chi connectivity index (χ0n) is 18.0. The molecule has 2 aromatic carbocycles. The summed E-state index contributed by atoms with van der Waals surface area (Å²) in [5.74, 6) is 1.28. The Hall–Kier alpha value is -1.25. The molecule has 0 unspecified atom stereocenters. The smallest absolute Gasteiger partial charge is 0.223 e. The average Bonchev–Trinajstić information content (AvgIpc) is 2.77. The predicted octanol–water partition coefficient (Wildman–Crippen LogP) is 4.89. The monoisotopic (exact) mass is 514 g/mol. The van der Waals surface area contributed by atoms with E-state index in [0.29, 0.717) is 48.3 Å². The highest BCUT2D eigenvalue weighted by atomic mass is 35.5. The van der Waals surface area contributed by atoms with Crippen molar-refractivity contribution in [1.82, 2.24) is 9.62 Å². The summed E-state index contributed by atoms with van der Waals surface area (Å²) < 4.78 is 27.1. The summed E-state index contributed by atoms with van der Waals surface area (Å²) in [6.07, 6.45) is 1.09. The second-order valence-corrected chi connectivity index (χ2v) is 11.8. The summed E-state index contributed by atoms with van der Waals surface area (Å²) in [7, 11) is -3.39. The third-order valence-corrected chi connectivity index (χ3v) is 9.19. The summed E-state index contributed by atoms with van der Waals surface area (Å²) in [5, 5.41) is 4.28. The highest BCUT2D eigenvalue weighted by Crippen LogP contribution is 2.28. The number of thioether (sulfide) groups is 1. The Balaban J connectivity index is 1.39. The van der Waals surface area contributed by atoms with Crippen molar-refractivity contribution in [2.75, 3.05) is 25.4 Å². The number of sulfonamides is 1. The van der Waals surface area contributed by atoms with E-state index in [-0.39, 0.29) is 17.6 Å². The highest BCUT2D eigenvalue weighted by Gasteiger charge is 2.31. The minimum absolute atomic E-state index is 0.00247. The van der Waals surface area contributed by atoms with Gasteiger partial charge in [-0.2, -0.15) is 11.8 Å². The van der Waals surface area contributed by atoms with Crippen molar-refractivity contribution in [3.63, 3.8) is 0 Å². The van der Waals surface area contributed by atoms with E-state index in [4.69, 9.17) is 23.2 Å². The minimum atomic E-state index is -3.39. The van der Waals surface area contributed by atoms with Gasteiger partial charge in [-0.25, -0.2) is 12.7 Å². The topological polar surface area (TPSA) is 66.5 Å². The van der Waals surface area contributed by atoms with E-state index in [0.717, 1.165) is 22.4 Å². The molecule has 0 spiro atoms. The predicted molar refractivity (Wildman–Crippen MR) is 134 cm³/mol. The van der Waals surface area contributed by atoms with Crippen LogP contribution in [0.15, 0.2) is 42.5 Å². The number of amides is 1. The summed E-state index contributed by atoms with van der Waals surface area (Å²) >= 11 is 14.0. The molecule has 0 aliphatic carbocycles. The number of hydrogen-bond donors (Lipinski definition) is 1. The number of carbonyl (C=O) groups excluding carboxylic acids is 1. The number of nitrogens with zero attached hydrogens (tertiary/aromatic N) is 1. The van der Waals surface area contributed by atoms with Crippen LogP contribution in [0.2, 0.25) is 10.0 Å². The molecule has 0 bridgehead atoms. The van der Waals surface area contributed by atoms with E-state index in [9.17, 15) is 13.2 Å². The van der Waals surface area contributed by atoms with Gasteiger partial charge in [0.15, 0.2) is 0 Å². The first kappa shape index (κ1) is 25.4. The van der Waals surface area contributed by atoms with Gasteiger partial charge in [0.05, 0.1) is 5.75 Å². The van der Waals surface area contributed by atoms with Crippen LogP contribution < -0.4 is 5.32 Å². The average molecular weight is 516 g/mol. The zero-order valence-corrected chi connectivity index (χ0v) is 21.2. The van der Waals surface area contributed by atoms with Gasteiger partial charge in [0.25, 0.3) is 0 Å². The number of nitrogens with one attached hydrogen (secondary N) is 1. The highest BCUT2D eigenvalue weighted by molar-refractivity contribution is 7.98. The molecule has 5 nitrogen and oxygen atoms in total. The van der Waals surface area contributed by atoms with Gasteiger partial charge in [0.1, 0.15) is 0 Å². The van der Waals surface area contributed by atoms with Crippen molar-refractivity contribution in [2.45, 2.75) is 31.3 Å². The molecule has 0 aromatic heterocycles. The molecule has 1 heterocycles. The maximum absolute atomic E-state index is 12.8. The van der Waals surface area contributed by atoms with Crippen molar-refractivity contribution < 1.29 is 13.2 Å². The van der Waals surface area contributed by atoms with Crippen LogP contribution >= 0.6 is 35.0 Å². The van der Waals surface area contributed by atoms with E-state index in [1.807, 2.05) is 49.4 Å². The lowest BCUT2D eigenvalue weighted by Crippen LogP contribution is -2.43. The van der Waals surface area contributed by atoms with Crippen LogP contribution in [-0.4, -0.2) is 44.0 Å². The van der Waals surface area contributed by atoms with E-state index in [1.54, 1.807) is 11.8 Å². The molecule has 1 fully saturated rings. The van der Waals surface area contributed by atoms with Crippen molar-refractivity contribution in [3.05, 3.63) is 69.2 Å². The normalized spacial score (nSPS) is 15.6. The molecule has 174 valence electrons. The van der Waals surface area contributed by atoms with Crippen molar-refractivity contribution in [3.8, 4) is 0 Å². The van der Waals surface area contributed by atoms with Gasteiger partial charge in [-0.15, -0.1) is 0 Å². The molecule has 0 saturated carbocycles. The Kier molecular flexibility index (Phi) is 9.32. The number of benzene rings is 2. The van der Waals surface area contributed by atoms with E-state index in [1.165, 1.54) is 4.31 Å². The fourth-order valence-corrected chi connectivity index (χ4v) is 6.95. The third-order valence-electron chi connectivity index (χ3n) is 5.67. The minimum Gasteiger partial charge on any atom is -0.355 e. The molecular formula is C23H28Cl2N2O3S2. The SMILES string of the molecule is Cc1ccccc1CS(=O)(=O)N1CCC(C(=O)NCCSCc2c(Cl)cccc2Cl)CC1. The van der Waals surface area contributed by atoms with Gasteiger partial charge >= 0.3 is 0 Å². The van der Waals surface area contributed by atoms with Crippen LogP contribution in [0, 0.1) is 12.8 Å². The van der Waals surface area contributed by atoms with Crippen LogP contribution in [0.25, 0.3) is 0 Å². The lowest BCUT2D eigenvalue weighted by molar-refractivity contribution is -0.125. The lowest BCUT2D eigenvalue weighted by atomic mass is 9.97. The van der Waals surface area contributed by atoms with Crippen LogP contribution in [0.1, 0.15) is 29.5 Å². The molecule has 1 amide bonds. The van der Waals surface area contributed by atoms with Gasteiger partial charge in [0, 0.05) is 47.1 Å².